The zero-order valence-corrected chi connectivity index (χ0v) is 17.7. The van der Waals surface area contributed by atoms with E-state index in [2.05, 4.69) is 10.3 Å². The zero-order chi connectivity index (χ0) is 21.9. The van der Waals surface area contributed by atoms with Crippen molar-refractivity contribution in [3.8, 4) is 0 Å². The first-order chi connectivity index (χ1) is 14.1. The number of piperazine rings is 1. The number of alkyl halides is 3. The van der Waals surface area contributed by atoms with Crippen LogP contribution in [0.15, 0.2) is 36.5 Å². The summed E-state index contributed by atoms with van der Waals surface area (Å²) in [7, 11) is 0. The Bertz CT molecular complexity index is 902. The van der Waals surface area contributed by atoms with Gasteiger partial charge in [0.25, 0.3) is 0 Å². The SMILES string of the molecule is C[C@H](NC(=O)CN1CCN(c2ncc(C(F)(F)F)cc2Cl)CC1)c1cccc(Cl)c1. The second-order valence-electron chi connectivity index (χ2n) is 7.13. The molecule has 0 spiro atoms. The van der Waals surface area contributed by atoms with Crippen LogP contribution >= 0.6 is 23.2 Å². The molecule has 0 unspecified atom stereocenters. The highest BCUT2D eigenvalue weighted by Crippen LogP contribution is 2.33. The molecule has 0 aliphatic carbocycles. The molecular weight excluding hydrogens is 440 g/mol. The number of nitrogens with one attached hydrogen (secondary N) is 1. The van der Waals surface area contributed by atoms with E-state index in [0.717, 1.165) is 17.8 Å². The second kappa shape index (κ2) is 9.41. The van der Waals surface area contributed by atoms with Crippen molar-refractivity contribution in [3.63, 3.8) is 0 Å². The predicted molar refractivity (Wildman–Crippen MR) is 111 cm³/mol. The Kier molecular flexibility index (Phi) is 7.10. The number of halogens is 5. The van der Waals surface area contributed by atoms with Crippen LogP contribution in [0, 0.1) is 0 Å². The first kappa shape index (κ1) is 22.7. The van der Waals surface area contributed by atoms with Gasteiger partial charge in [-0.3, -0.25) is 9.69 Å². The fourth-order valence-corrected chi connectivity index (χ4v) is 3.77. The molecule has 1 fully saturated rings. The number of pyridine rings is 1. The van der Waals surface area contributed by atoms with E-state index in [0.29, 0.717) is 37.0 Å². The van der Waals surface area contributed by atoms with Gasteiger partial charge in [0.15, 0.2) is 0 Å². The molecule has 1 N–H and O–H groups in total. The van der Waals surface area contributed by atoms with Crippen LogP contribution in [0.3, 0.4) is 0 Å². The van der Waals surface area contributed by atoms with Crippen LogP contribution in [0.2, 0.25) is 10.0 Å². The highest BCUT2D eigenvalue weighted by molar-refractivity contribution is 6.33. The summed E-state index contributed by atoms with van der Waals surface area (Å²) >= 11 is 12.0. The maximum absolute atomic E-state index is 12.8. The number of rotatable bonds is 5. The van der Waals surface area contributed by atoms with Gasteiger partial charge in [-0.1, -0.05) is 35.3 Å². The van der Waals surface area contributed by atoms with Gasteiger partial charge in [0.05, 0.1) is 23.2 Å². The topological polar surface area (TPSA) is 48.5 Å². The van der Waals surface area contributed by atoms with Crippen molar-refractivity contribution in [1.29, 1.82) is 0 Å². The van der Waals surface area contributed by atoms with Crippen LogP contribution < -0.4 is 10.2 Å². The molecule has 1 aromatic carbocycles. The summed E-state index contributed by atoms with van der Waals surface area (Å²) in [6.07, 6.45) is -3.69. The molecule has 0 radical (unpaired) electrons. The Balaban J connectivity index is 1.51. The van der Waals surface area contributed by atoms with Gasteiger partial charge in [-0.25, -0.2) is 4.98 Å². The molecule has 1 aliphatic heterocycles. The predicted octanol–water partition coefficient (Wildman–Crippen LogP) is 4.41. The zero-order valence-electron chi connectivity index (χ0n) is 16.2. The molecular formula is C20H21Cl2F3N4O. The van der Waals surface area contributed by atoms with Crippen molar-refractivity contribution in [2.75, 3.05) is 37.6 Å². The molecule has 0 bridgehead atoms. The van der Waals surface area contributed by atoms with Gasteiger partial charge < -0.3 is 10.2 Å². The molecule has 5 nitrogen and oxygen atoms in total. The van der Waals surface area contributed by atoms with Crippen molar-refractivity contribution in [2.24, 2.45) is 0 Å². The van der Waals surface area contributed by atoms with Gasteiger partial charge in [-0.05, 0) is 30.7 Å². The molecule has 2 heterocycles. The summed E-state index contributed by atoms with van der Waals surface area (Å²) < 4.78 is 38.3. The maximum Gasteiger partial charge on any atom is 0.417 e. The van der Waals surface area contributed by atoms with Crippen molar-refractivity contribution >= 4 is 34.9 Å². The molecule has 1 saturated heterocycles. The van der Waals surface area contributed by atoms with Gasteiger partial charge in [0.2, 0.25) is 5.91 Å². The highest BCUT2D eigenvalue weighted by Gasteiger charge is 2.32. The fourth-order valence-electron chi connectivity index (χ4n) is 3.29. The fraction of sp³-hybridized carbons (Fsp3) is 0.400. The number of nitrogens with zero attached hydrogens (tertiary/aromatic N) is 3. The number of benzene rings is 1. The van der Waals surface area contributed by atoms with Crippen LogP contribution in [0.25, 0.3) is 0 Å². The molecule has 1 amide bonds. The molecule has 3 rings (SSSR count). The number of carbonyl (C=O) groups excluding carboxylic acids is 1. The van der Waals surface area contributed by atoms with E-state index in [1.165, 1.54) is 0 Å². The summed E-state index contributed by atoms with van der Waals surface area (Å²) in [5.74, 6) is 0.213. The van der Waals surface area contributed by atoms with Crippen LogP contribution in [-0.2, 0) is 11.0 Å². The second-order valence-corrected chi connectivity index (χ2v) is 7.98. The van der Waals surface area contributed by atoms with Gasteiger partial charge in [0, 0.05) is 37.4 Å². The average Bonchev–Trinajstić information content (AvgIpc) is 2.68. The molecule has 1 aliphatic rings. The van der Waals surface area contributed by atoms with Gasteiger partial charge in [-0.2, -0.15) is 13.2 Å². The van der Waals surface area contributed by atoms with E-state index in [1.807, 2.05) is 34.9 Å². The Hall–Kier alpha value is -2.03. The summed E-state index contributed by atoms with van der Waals surface area (Å²) in [5, 5.41) is 3.53. The van der Waals surface area contributed by atoms with E-state index in [9.17, 15) is 18.0 Å². The lowest BCUT2D eigenvalue weighted by Gasteiger charge is -2.35. The largest absolute Gasteiger partial charge is 0.417 e. The lowest BCUT2D eigenvalue weighted by molar-refractivity contribution is -0.137. The van der Waals surface area contributed by atoms with Crippen molar-refractivity contribution in [1.82, 2.24) is 15.2 Å². The third-order valence-corrected chi connectivity index (χ3v) is 5.43. The Labute approximate surface area is 182 Å². The number of hydrogen-bond donors (Lipinski definition) is 1. The number of carbonyl (C=O) groups is 1. The van der Waals surface area contributed by atoms with E-state index >= 15 is 0 Å². The van der Waals surface area contributed by atoms with E-state index in [4.69, 9.17) is 23.2 Å². The van der Waals surface area contributed by atoms with Crippen molar-refractivity contribution < 1.29 is 18.0 Å². The third-order valence-electron chi connectivity index (χ3n) is 4.91. The standard InChI is InChI=1S/C20H21Cl2F3N4O/c1-13(14-3-2-4-16(21)9-14)27-18(30)12-28-5-7-29(8-6-28)19-17(22)10-15(11-26-19)20(23,24)25/h2-4,9-11,13H,5-8,12H2,1H3,(H,27,30)/t13-/m0/s1. The van der Waals surface area contributed by atoms with E-state index in [1.54, 1.807) is 6.07 Å². The number of amides is 1. The summed E-state index contributed by atoms with van der Waals surface area (Å²) in [5.41, 5.74) is 0.0454. The Morgan fingerprint density at radius 3 is 2.50 bits per heavy atom. The van der Waals surface area contributed by atoms with Crippen LogP contribution in [0.5, 0.6) is 0 Å². The minimum atomic E-state index is -4.48. The quantitative estimate of drug-likeness (QED) is 0.717. The van der Waals surface area contributed by atoms with E-state index in [-0.39, 0.29) is 23.5 Å². The normalized spacial score (nSPS) is 16.4. The van der Waals surface area contributed by atoms with Crippen molar-refractivity contribution in [2.45, 2.75) is 19.1 Å². The van der Waals surface area contributed by atoms with Crippen LogP contribution in [0.1, 0.15) is 24.1 Å². The number of hydrogen-bond acceptors (Lipinski definition) is 4. The molecule has 0 saturated carbocycles. The minimum absolute atomic E-state index is 0.0358. The lowest BCUT2D eigenvalue weighted by atomic mass is 10.1. The summed E-state index contributed by atoms with van der Waals surface area (Å²) in [6.45, 7) is 4.27. The monoisotopic (exact) mass is 460 g/mol. The lowest BCUT2D eigenvalue weighted by Crippen LogP contribution is -2.50. The van der Waals surface area contributed by atoms with Crippen LogP contribution in [-0.4, -0.2) is 48.5 Å². The highest BCUT2D eigenvalue weighted by atomic mass is 35.5. The van der Waals surface area contributed by atoms with Crippen molar-refractivity contribution in [3.05, 3.63) is 57.7 Å². The van der Waals surface area contributed by atoms with Gasteiger partial charge >= 0.3 is 6.18 Å². The summed E-state index contributed by atoms with van der Waals surface area (Å²) in [4.78, 5) is 20.1. The van der Waals surface area contributed by atoms with Gasteiger partial charge in [-0.15, -0.1) is 0 Å². The van der Waals surface area contributed by atoms with Gasteiger partial charge in [0.1, 0.15) is 5.82 Å². The molecule has 2 aromatic rings. The Morgan fingerprint density at radius 2 is 1.90 bits per heavy atom. The first-order valence-corrected chi connectivity index (χ1v) is 10.1. The molecule has 30 heavy (non-hydrogen) atoms. The average molecular weight is 461 g/mol. The third kappa shape index (κ3) is 5.77. The maximum atomic E-state index is 12.8. The summed E-state index contributed by atoms with van der Waals surface area (Å²) in [6, 6.07) is 8.04. The first-order valence-electron chi connectivity index (χ1n) is 9.38. The Morgan fingerprint density at radius 1 is 1.20 bits per heavy atom. The molecule has 1 aromatic heterocycles. The van der Waals surface area contributed by atoms with Crippen LogP contribution in [0.4, 0.5) is 19.0 Å². The smallest absolute Gasteiger partial charge is 0.353 e. The molecule has 1 atom stereocenters. The molecule has 10 heteroatoms. The van der Waals surface area contributed by atoms with E-state index < -0.39 is 11.7 Å². The molecule has 162 valence electrons. The number of anilines is 1. The number of aromatic nitrogens is 1. The minimum Gasteiger partial charge on any atom is -0.353 e.